The molecule has 0 spiro atoms. The van der Waals surface area contributed by atoms with Crippen LogP contribution in [0.3, 0.4) is 0 Å². The van der Waals surface area contributed by atoms with Gasteiger partial charge in [-0.15, -0.1) is 6.58 Å². The Morgan fingerprint density at radius 3 is 2.32 bits per heavy atom. The second-order valence-electron chi connectivity index (χ2n) is 5.47. The van der Waals surface area contributed by atoms with Crippen molar-refractivity contribution in [3.63, 3.8) is 0 Å². The molecule has 0 heterocycles. The van der Waals surface area contributed by atoms with Gasteiger partial charge in [0.05, 0.1) is 5.56 Å². The van der Waals surface area contributed by atoms with Gasteiger partial charge in [-0.3, -0.25) is 0 Å². The first-order valence-corrected chi connectivity index (χ1v) is 7.43. The molecule has 0 atom stereocenters. The van der Waals surface area contributed by atoms with Crippen molar-refractivity contribution in [2.24, 2.45) is 5.92 Å². The monoisotopic (exact) mass is 300 g/mol. The first-order chi connectivity index (χ1) is 10.6. The van der Waals surface area contributed by atoms with Crippen LogP contribution in [0.5, 0.6) is 0 Å². The number of allylic oxidation sites excluding steroid dienone is 1. The topological polar surface area (TPSA) is 63.6 Å². The van der Waals surface area contributed by atoms with E-state index in [0.717, 1.165) is 37.3 Å². The summed E-state index contributed by atoms with van der Waals surface area (Å²) in [5.74, 6) is -0.787. The minimum Gasteiger partial charge on any atom is -0.478 e. The van der Waals surface area contributed by atoms with Crippen LogP contribution in [0, 0.1) is 5.92 Å². The Morgan fingerprint density at radius 2 is 1.77 bits per heavy atom. The van der Waals surface area contributed by atoms with Gasteiger partial charge in [-0.05, 0) is 55.4 Å². The third-order valence-corrected chi connectivity index (χ3v) is 3.89. The zero-order valence-corrected chi connectivity index (χ0v) is 12.4. The summed E-state index contributed by atoms with van der Waals surface area (Å²) in [5, 5.41) is 8.57. The zero-order chi connectivity index (χ0) is 15.9. The van der Waals surface area contributed by atoms with Gasteiger partial charge in [0.2, 0.25) is 0 Å². The standard InChI is InChI=1S/C18H20O4/c1-2-13-5-10-16(11-6-13)22-18(21)15-8-3-14(4-9-15)7-12-17(19)20/h2-4,7-9,12-13,16H,1,5-6,10-11H2,(H,19,20). The maximum atomic E-state index is 12.1. The lowest BCUT2D eigenvalue weighted by Gasteiger charge is -2.26. The molecule has 1 aliphatic carbocycles. The van der Waals surface area contributed by atoms with E-state index in [1.54, 1.807) is 24.3 Å². The highest BCUT2D eigenvalue weighted by Gasteiger charge is 2.22. The number of carboxylic acids is 1. The van der Waals surface area contributed by atoms with Crippen molar-refractivity contribution in [1.29, 1.82) is 0 Å². The first-order valence-electron chi connectivity index (χ1n) is 7.43. The highest BCUT2D eigenvalue weighted by molar-refractivity contribution is 5.90. The van der Waals surface area contributed by atoms with Crippen molar-refractivity contribution in [2.45, 2.75) is 31.8 Å². The van der Waals surface area contributed by atoms with Crippen molar-refractivity contribution in [3.8, 4) is 0 Å². The van der Waals surface area contributed by atoms with Gasteiger partial charge in [0.1, 0.15) is 6.10 Å². The highest BCUT2D eigenvalue weighted by Crippen LogP contribution is 2.27. The van der Waals surface area contributed by atoms with Crippen LogP contribution in [0.25, 0.3) is 6.08 Å². The largest absolute Gasteiger partial charge is 0.478 e. The van der Waals surface area contributed by atoms with Gasteiger partial charge in [0.25, 0.3) is 0 Å². The molecule has 0 radical (unpaired) electrons. The predicted molar refractivity (Wildman–Crippen MR) is 84.5 cm³/mol. The molecule has 116 valence electrons. The maximum Gasteiger partial charge on any atom is 0.338 e. The van der Waals surface area contributed by atoms with Gasteiger partial charge >= 0.3 is 11.9 Å². The summed E-state index contributed by atoms with van der Waals surface area (Å²) in [4.78, 5) is 22.5. The molecule has 0 unspecified atom stereocenters. The lowest BCUT2D eigenvalue weighted by atomic mass is 9.87. The van der Waals surface area contributed by atoms with Gasteiger partial charge in [-0.1, -0.05) is 18.2 Å². The number of carbonyl (C=O) groups is 2. The summed E-state index contributed by atoms with van der Waals surface area (Å²) < 4.78 is 5.52. The van der Waals surface area contributed by atoms with E-state index in [2.05, 4.69) is 6.58 Å². The van der Waals surface area contributed by atoms with Crippen LogP contribution in [-0.4, -0.2) is 23.1 Å². The summed E-state index contributed by atoms with van der Waals surface area (Å²) in [6, 6.07) is 6.70. The van der Waals surface area contributed by atoms with Crippen LogP contribution in [0.4, 0.5) is 0 Å². The predicted octanol–water partition coefficient (Wildman–Crippen LogP) is 3.69. The smallest absolute Gasteiger partial charge is 0.338 e. The molecule has 1 fully saturated rings. The molecule has 2 rings (SSSR count). The quantitative estimate of drug-likeness (QED) is 0.512. The summed E-state index contributed by atoms with van der Waals surface area (Å²) in [7, 11) is 0. The molecule has 0 saturated heterocycles. The number of carboxylic acid groups (broad SMARTS) is 1. The Bertz CT molecular complexity index is 563. The molecule has 4 nitrogen and oxygen atoms in total. The molecule has 4 heteroatoms. The Hall–Kier alpha value is -2.36. The molecule has 1 N–H and O–H groups in total. The van der Waals surface area contributed by atoms with E-state index in [-0.39, 0.29) is 12.1 Å². The fourth-order valence-corrected chi connectivity index (χ4v) is 2.56. The molecule has 0 amide bonds. The summed E-state index contributed by atoms with van der Waals surface area (Å²) >= 11 is 0. The number of carbonyl (C=O) groups excluding carboxylic acids is 1. The van der Waals surface area contributed by atoms with Crippen molar-refractivity contribution < 1.29 is 19.4 Å². The third-order valence-electron chi connectivity index (χ3n) is 3.89. The number of benzene rings is 1. The van der Waals surface area contributed by atoms with Crippen LogP contribution in [0.15, 0.2) is 43.0 Å². The average molecular weight is 300 g/mol. The highest BCUT2D eigenvalue weighted by atomic mass is 16.5. The molecule has 1 aromatic carbocycles. The lowest BCUT2D eigenvalue weighted by Crippen LogP contribution is -2.23. The summed E-state index contributed by atoms with van der Waals surface area (Å²) in [6.45, 7) is 3.80. The van der Waals surface area contributed by atoms with E-state index in [0.29, 0.717) is 11.5 Å². The number of hydrogen-bond acceptors (Lipinski definition) is 3. The van der Waals surface area contributed by atoms with E-state index in [1.165, 1.54) is 6.08 Å². The second-order valence-corrected chi connectivity index (χ2v) is 5.47. The second kappa shape index (κ2) is 7.59. The van der Waals surface area contributed by atoms with Crippen LogP contribution in [0.2, 0.25) is 0 Å². The van der Waals surface area contributed by atoms with Crippen molar-refractivity contribution >= 4 is 18.0 Å². The van der Waals surface area contributed by atoms with Crippen molar-refractivity contribution in [3.05, 3.63) is 54.1 Å². The van der Waals surface area contributed by atoms with E-state index in [9.17, 15) is 9.59 Å². The van der Waals surface area contributed by atoms with E-state index < -0.39 is 5.97 Å². The molecule has 1 aromatic rings. The Labute approximate surface area is 130 Å². The molecule has 0 aromatic heterocycles. The van der Waals surface area contributed by atoms with Gasteiger partial charge in [0.15, 0.2) is 0 Å². The van der Waals surface area contributed by atoms with Gasteiger partial charge in [-0.2, -0.15) is 0 Å². The van der Waals surface area contributed by atoms with E-state index in [4.69, 9.17) is 9.84 Å². The average Bonchev–Trinajstić information content (AvgIpc) is 2.54. The van der Waals surface area contributed by atoms with Crippen LogP contribution in [0.1, 0.15) is 41.6 Å². The number of ether oxygens (including phenoxy) is 1. The minimum absolute atomic E-state index is 0.0183. The molecule has 0 aliphatic heterocycles. The number of aliphatic carboxylic acids is 1. The van der Waals surface area contributed by atoms with Gasteiger partial charge < -0.3 is 9.84 Å². The van der Waals surface area contributed by atoms with Crippen LogP contribution >= 0.6 is 0 Å². The number of esters is 1. The minimum atomic E-state index is -1.00. The lowest BCUT2D eigenvalue weighted by molar-refractivity contribution is -0.131. The van der Waals surface area contributed by atoms with E-state index in [1.807, 2.05) is 6.08 Å². The summed E-state index contributed by atoms with van der Waals surface area (Å²) in [5.41, 5.74) is 1.21. The van der Waals surface area contributed by atoms with Gasteiger partial charge in [-0.25, -0.2) is 9.59 Å². The first kappa shape index (κ1) is 16.0. The molecule has 1 aliphatic rings. The zero-order valence-electron chi connectivity index (χ0n) is 12.4. The maximum absolute atomic E-state index is 12.1. The summed E-state index contributed by atoms with van der Waals surface area (Å²) in [6.07, 6.45) is 8.28. The van der Waals surface area contributed by atoms with Crippen LogP contribution in [-0.2, 0) is 9.53 Å². The van der Waals surface area contributed by atoms with Crippen molar-refractivity contribution in [2.75, 3.05) is 0 Å². The molecule has 1 saturated carbocycles. The van der Waals surface area contributed by atoms with Crippen molar-refractivity contribution in [1.82, 2.24) is 0 Å². The molecular weight excluding hydrogens is 280 g/mol. The number of rotatable bonds is 5. The Balaban J connectivity index is 1.90. The SMILES string of the molecule is C=CC1CCC(OC(=O)c2ccc(C=CC(=O)O)cc2)CC1. The molecular formula is C18H20O4. The Morgan fingerprint density at radius 1 is 1.14 bits per heavy atom. The molecule has 22 heavy (non-hydrogen) atoms. The van der Waals surface area contributed by atoms with Crippen LogP contribution < -0.4 is 0 Å². The van der Waals surface area contributed by atoms with E-state index >= 15 is 0 Å². The Kier molecular flexibility index (Phi) is 5.53. The fourth-order valence-electron chi connectivity index (χ4n) is 2.56. The fraction of sp³-hybridized carbons (Fsp3) is 0.333. The third kappa shape index (κ3) is 4.58. The molecule has 0 bridgehead atoms. The normalized spacial score (nSPS) is 21.5. The number of hydrogen-bond donors (Lipinski definition) is 1. The van der Waals surface area contributed by atoms with Gasteiger partial charge in [0, 0.05) is 6.08 Å².